The minimum atomic E-state index is 0.416. The quantitative estimate of drug-likeness (QED) is 0.890. The highest BCUT2D eigenvalue weighted by Gasteiger charge is 2.26. The smallest absolute Gasteiger partial charge is 0.203 e. The molecule has 0 radical (unpaired) electrons. The Hall–Kier alpha value is -1.29. The summed E-state index contributed by atoms with van der Waals surface area (Å²) in [6.45, 7) is 4.28. The lowest BCUT2D eigenvalue weighted by molar-refractivity contribution is 0.711. The van der Waals surface area contributed by atoms with E-state index < -0.39 is 0 Å². The standard InChI is InChI=1S/C14H19N3S/c1-10(7-12-5-6-18-9-12)15-14-16-11(2)8-17(14)13-3-4-13/h5-6,8-10,13H,3-4,7H2,1-2H3,(H,15,16). The minimum absolute atomic E-state index is 0.416. The summed E-state index contributed by atoms with van der Waals surface area (Å²) >= 11 is 1.76. The Balaban J connectivity index is 1.68. The van der Waals surface area contributed by atoms with Gasteiger partial charge in [0.2, 0.25) is 5.95 Å². The number of nitrogens with one attached hydrogen (secondary N) is 1. The van der Waals surface area contributed by atoms with E-state index in [2.05, 4.69) is 51.7 Å². The van der Waals surface area contributed by atoms with Gasteiger partial charge in [-0.3, -0.25) is 0 Å². The van der Waals surface area contributed by atoms with E-state index in [4.69, 9.17) is 0 Å². The van der Waals surface area contributed by atoms with Gasteiger partial charge in [-0.15, -0.1) is 0 Å². The van der Waals surface area contributed by atoms with Gasteiger partial charge in [-0.2, -0.15) is 11.3 Å². The fourth-order valence-electron chi connectivity index (χ4n) is 2.29. The van der Waals surface area contributed by atoms with Crippen LogP contribution in [0, 0.1) is 6.92 Å². The molecule has 0 amide bonds. The monoisotopic (exact) mass is 261 g/mol. The summed E-state index contributed by atoms with van der Waals surface area (Å²) in [5, 5.41) is 7.90. The molecule has 0 aliphatic heterocycles. The molecule has 1 unspecified atom stereocenters. The summed E-state index contributed by atoms with van der Waals surface area (Å²) in [4.78, 5) is 4.60. The fourth-order valence-corrected chi connectivity index (χ4v) is 2.97. The molecule has 1 aliphatic carbocycles. The van der Waals surface area contributed by atoms with Crippen molar-refractivity contribution in [2.45, 2.75) is 45.2 Å². The van der Waals surface area contributed by atoms with Crippen molar-refractivity contribution in [1.29, 1.82) is 0 Å². The molecule has 18 heavy (non-hydrogen) atoms. The number of rotatable bonds is 5. The van der Waals surface area contributed by atoms with Crippen LogP contribution in [0.15, 0.2) is 23.0 Å². The van der Waals surface area contributed by atoms with Crippen molar-refractivity contribution in [1.82, 2.24) is 9.55 Å². The second kappa shape index (κ2) is 4.76. The van der Waals surface area contributed by atoms with E-state index >= 15 is 0 Å². The number of imidazole rings is 1. The van der Waals surface area contributed by atoms with Crippen LogP contribution < -0.4 is 5.32 Å². The molecule has 2 aromatic rings. The Labute approximate surface area is 112 Å². The lowest BCUT2D eigenvalue weighted by atomic mass is 10.1. The lowest BCUT2D eigenvalue weighted by Gasteiger charge is -2.15. The van der Waals surface area contributed by atoms with Crippen molar-refractivity contribution in [3.8, 4) is 0 Å². The first-order valence-electron chi connectivity index (χ1n) is 6.55. The summed E-state index contributed by atoms with van der Waals surface area (Å²) in [5.41, 5.74) is 2.51. The van der Waals surface area contributed by atoms with Gasteiger partial charge in [0, 0.05) is 18.3 Å². The summed E-state index contributed by atoms with van der Waals surface area (Å²) in [6.07, 6.45) is 5.81. The van der Waals surface area contributed by atoms with E-state index in [1.807, 2.05) is 0 Å². The number of anilines is 1. The number of thiophene rings is 1. The molecule has 0 saturated heterocycles. The van der Waals surface area contributed by atoms with Crippen LogP contribution in [-0.2, 0) is 6.42 Å². The Morgan fingerprint density at radius 3 is 3.06 bits per heavy atom. The molecule has 96 valence electrons. The van der Waals surface area contributed by atoms with Gasteiger partial charge in [-0.05, 0) is 55.5 Å². The van der Waals surface area contributed by atoms with Gasteiger partial charge >= 0.3 is 0 Å². The van der Waals surface area contributed by atoms with Crippen LogP contribution in [-0.4, -0.2) is 15.6 Å². The van der Waals surface area contributed by atoms with E-state index in [1.165, 1.54) is 18.4 Å². The van der Waals surface area contributed by atoms with Crippen molar-refractivity contribution < 1.29 is 0 Å². The van der Waals surface area contributed by atoms with E-state index in [-0.39, 0.29) is 0 Å². The number of aryl methyl sites for hydroxylation is 1. The molecule has 3 nitrogen and oxygen atoms in total. The molecule has 3 rings (SSSR count). The van der Waals surface area contributed by atoms with Gasteiger partial charge in [0.1, 0.15) is 0 Å². The van der Waals surface area contributed by atoms with Gasteiger partial charge in [0.15, 0.2) is 0 Å². The third-order valence-corrected chi connectivity index (χ3v) is 4.02. The molecule has 0 spiro atoms. The average Bonchev–Trinajstić information content (AvgIpc) is 2.92. The maximum absolute atomic E-state index is 4.60. The van der Waals surface area contributed by atoms with E-state index in [9.17, 15) is 0 Å². The maximum atomic E-state index is 4.60. The van der Waals surface area contributed by atoms with Crippen molar-refractivity contribution in [2.75, 3.05) is 5.32 Å². The topological polar surface area (TPSA) is 29.9 Å². The van der Waals surface area contributed by atoms with Crippen LogP contribution in [0.4, 0.5) is 5.95 Å². The van der Waals surface area contributed by atoms with Gasteiger partial charge in [-0.25, -0.2) is 4.98 Å². The third kappa shape index (κ3) is 2.58. The van der Waals surface area contributed by atoms with Gasteiger partial charge < -0.3 is 9.88 Å². The van der Waals surface area contributed by atoms with Gasteiger partial charge in [0.25, 0.3) is 0 Å². The number of nitrogens with zero attached hydrogens (tertiary/aromatic N) is 2. The largest absolute Gasteiger partial charge is 0.353 e. The Morgan fingerprint density at radius 1 is 1.56 bits per heavy atom. The van der Waals surface area contributed by atoms with Gasteiger partial charge in [0.05, 0.1) is 5.69 Å². The zero-order valence-electron chi connectivity index (χ0n) is 10.9. The molecule has 2 aromatic heterocycles. The van der Waals surface area contributed by atoms with Crippen molar-refractivity contribution in [3.63, 3.8) is 0 Å². The normalized spacial score (nSPS) is 16.8. The highest BCUT2D eigenvalue weighted by molar-refractivity contribution is 7.07. The molecule has 1 saturated carbocycles. The molecule has 1 atom stereocenters. The van der Waals surface area contributed by atoms with Crippen LogP contribution in [0.2, 0.25) is 0 Å². The Bertz CT molecular complexity index is 511. The Morgan fingerprint density at radius 2 is 2.39 bits per heavy atom. The van der Waals surface area contributed by atoms with Crippen LogP contribution in [0.25, 0.3) is 0 Å². The first-order valence-corrected chi connectivity index (χ1v) is 7.50. The predicted molar refractivity (Wildman–Crippen MR) is 76.3 cm³/mol. The first kappa shape index (κ1) is 11.8. The van der Waals surface area contributed by atoms with Crippen LogP contribution >= 0.6 is 11.3 Å². The molecule has 1 aliphatic rings. The summed E-state index contributed by atoms with van der Waals surface area (Å²) in [6, 6.07) is 3.29. The summed E-state index contributed by atoms with van der Waals surface area (Å²) < 4.78 is 2.31. The lowest BCUT2D eigenvalue weighted by Crippen LogP contribution is -2.20. The predicted octanol–water partition coefficient (Wildman–Crippen LogP) is 3.63. The molecule has 0 bridgehead atoms. The molecule has 0 aromatic carbocycles. The first-order chi connectivity index (χ1) is 8.72. The number of hydrogen-bond donors (Lipinski definition) is 1. The summed E-state index contributed by atoms with van der Waals surface area (Å²) in [7, 11) is 0. The molecular formula is C14H19N3S. The van der Waals surface area contributed by atoms with Crippen LogP contribution in [0.5, 0.6) is 0 Å². The van der Waals surface area contributed by atoms with Crippen molar-refractivity contribution in [2.24, 2.45) is 0 Å². The zero-order chi connectivity index (χ0) is 12.5. The highest BCUT2D eigenvalue weighted by atomic mass is 32.1. The van der Waals surface area contributed by atoms with Crippen molar-refractivity contribution in [3.05, 3.63) is 34.3 Å². The van der Waals surface area contributed by atoms with Crippen LogP contribution in [0.3, 0.4) is 0 Å². The third-order valence-electron chi connectivity index (χ3n) is 3.29. The minimum Gasteiger partial charge on any atom is -0.353 e. The van der Waals surface area contributed by atoms with Gasteiger partial charge in [-0.1, -0.05) is 0 Å². The molecule has 4 heteroatoms. The maximum Gasteiger partial charge on any atom is 0.203 e. The Kier molecular flexibility index (Phi) is 3.12. The highest BCUT2D eigenvalue weighted by Crippen LogP contribution is 2.37. The molecule has 1 N–H and O–H groups in total. The number of hydrogen-bond acceptors (Lipinski definition) is 3. The van der Waals surface area contributed by atoms with E-state index in [0.29, 0.717) is 12.1 Å². The number of aromatic nitrogens is 2. The van der Waals surface area contributed by atoms with E-state index in [1.54, 1.807) is 11.3 Å². The average molecular weight is 261 g/mol. The molecule has 2 heterocycles. The second-order valence-electron chi connectivity index (χ2n) is 5.23. The molecule has 1 fully saturated rings. The fraction of sp³-hybridized carbons (Fsp3) is 0.500. The molecular weight excluding hydrogens is 242 g/mol. The van der Waals surface area contributed by atoms with Crippen LogP contribution in [0.1, 0.15) is 37.1 Å². The van der Waals surface area contributed by atoms with E-state index in [0.717, 1.165) is 18.1 Å². The zero-order valence-corrected chi connectivity index (χ0v) is 11.7. The summed E-state index contributed by atoms with van der Waals surface area (Å²) in [5.74, 6) is 1.04. The SMILES string of the molecule is Cc1cn(C2CC2)c(NC(C)Cc2ccsc2)n1. The second-order valence-corrected chi connectivity index (χ2v) is 6.01. The van der Waals surface area contributed by atoms with Crippen molar-refractivity contribution >= 4 is 17.3 Å².